The standard InChI is InChI=1S/C12H14F2N2O3/c13-12(14,11(19)3-1-4-11)10(18)16-9-6-15-5-2-8(9)7-17/h2,5-6,17,19H,1,3-4,7H2,(H,16,18). The summed E-state index contributed by atoms with van der Waals surface area (Å²) in [4.78, 5) is 15.3. The van der Waals surface area contributed by atoms with Crippen molar-refractivity contribution in [2.75, 3.05) is 5.32 Å². The lowest BCUT2D eigenvalue weighted by Crippen LogP contribution is -2.59. The Labute approximate surface area is 108 Å². The Kier molecular flexibility index (Phi) is 3.51. The second-order valence-electron chi connectivity index (χ2n) is 4.60. The van der Waals surface area contributed by atoms with E-state index in [0.717, 1.165) is 0 Å². The molecule has 5 nitrogen and oxygen atoms in total. The van der Waals surface area contributed by atoms with Crippen LogP contribution in [0.1, 0.15) is 24.8 Å². The van der Waals surface area contributed by atoms with Gasteiger partial charge in [-0.05, 0) is 25.3 Å². The van der Waals surface area contributed by atoms with Crippen LogP contribution in [-0.2, 0) is 11.4 Å². The number of pyridine rings is 1. The van der Waals surface area contributed by atoms with Gasteiger partial charge in [0.1, 0.15) is 5.60 Å². The van der Waals surface area contributed by atoms with Crippen LogP contribution >= 0.6 is 0 Å². The number of hydrogen-bond acceptors (Lipinski definition) is 4. The van der Waals surface area contributed by atoms with Crippen LogP contribution in [-0.4, -0.2) is 32.6 Å². The molecule has 3 N–H and O–H groups in total. The Morgan fingerprint density at radius 1 is 1.53 bits per heavy atom. The highest BCUT2D eigenvalue weighted by molar-refractivity contribution is 5.97. The third-order valence-electron chi connectivity index (χ3n) is 3.38. The average Bonchev–Trinajstić information content (AvgIpc) is 2.36. The summed E-state index contributed by atoms with van der Waals surface area (Å²) in [7, 11) is 0. The van der Waals surface area contributed by atoms with Gasteiger partial charge in [-0.25, -0.2) is 0 Å². The third-order valence-corrected chi connectivity index (χ3v) is 3.38. The first-order chi connectivity index (χ1) is 8.90. The Hall–Kier alpha value is -1.60. The molecule has 1 amide bonds. The number of amides is 1. The van der Waals surface area contributed by atoms with Gasteiger partial charge in [0.15, 0.2) is 0 Å². The minimum Gasteiger partial charge on any atom is -0.392 e. The van der Waals surface area contributed by atoms with Gasteiger partial charge < -0.3 is 15.5 Å². The minimum atomic E-state index is -3.87. The quantitative estimate of drug-likeness (QED) is 0.765. The Balaban J connectivity index is 2.17. The molecule has 7 heteroatoms. The smallest absolute Gasteiger partial charge is 0.352 e. The summed E-state index contributed by atoms with van der Waals surface area (Å²) in [5.41, 5.74) is -1.98. The van der Waals surface area contributed by atoms with E-state index in [0.29, 0.717) is 6.42 Å². The van der Waals surface area contributed by atoms with E-state index in [-0.39, 0.29) is 24.1 Å². The van der Waals surface area contributed by atoms with Gasteiger partial charge in [-0.2, -0.15) is 8.78 Å². The monoisotopic (exact) mass is 272 g/mol. The van der Waals surface area contributed by atoms with E-state index in [9.17, 15) is 18.7 Å². The third kappa shape index (κ3) is 2.31. The molecule has 1 aliphatic carbocycles. The summed E-state index contributed by atoms with van der Waals surface area (Å²) in [6.45, 7) is -0.409. The van der Waals surface area contributed by atoms with Gasteiger partial charge in [0.25, 0.3) is 5.91 Å². The number of nitrogens with one attached hydrogen (secondary N) is 1. The van der Waals surface area contributed by atoms with Gasteiger partial charge in [0, 0.05) is 11.8 Å². The first-order valence-electron chi connectivity index (χ1n) is 5.86. The number of carbonyl (C=O) groups excluding carboxylic acids is 1. The summed E-state index contributed by atoms with van der Waals surface area (Å²) >= 11 is 0. The van der Waals surface area contributed by atoms with Crippen LogP contribution in [0.25, 0.3) is 0 Å². The fourth-order valence-electron chi connectivity index (χ4n) is 1.91. The predicted molar refractivity (Wildman–Crippen MR) is 62.5 cm³/mol. The maximum Gasteiger partial charge on any atom is 0.352 e. The van der Waals surface area contributed by atoms with Crippen LogP contribution in [0.3, 0.4) is 0 Å². The summed E-state index contributed by atoms with van der Waals surface area (Å²) < 4.78 is 27.6. The molecule has 2 rings (SSSR count). The van der Waals surface area contributed by atoms with Gasteiger partial charge in [-0.1, -0.05) is 0 Å². The molecule has 1 aromatic rings. The van der Waals surface area contributed by atoms with Crippen molar-refractivity contribution in [1.82, 2.24) is 4.98 Å². The van der Waals surface area contributed by atoms with E-state index in [1.807, 2.05) is 5.32 Å². The number of halogens is 2. The van der Waals surface area contributed by atoms with E-state index in [2.05, 4.69) is 4.98 Å². The minimum absolute atomic E-state index is 0.0117. The molecule has 1 fully saturated rings. The number of aromatic nitrogens is 1. The largest absolute Gasteiger partial charge is 0.392 e. The topological polar surface area (TPSA) is 82.5 Å². The summed E-state index contributed by atoms with van der Waals surface area (Å²) in [6, 6.07) is 1.41. The van der Waals surface area contributed by atoms with Crippen LogP contribution < -0.4 is 5.32 Å². The number of anilines is 1. The number of aliphatic hydroxyl groups excluding tert-OH is 1. The number of nitrogens with zero attached hydrogens (tertiary/aromatic N) is 1. The molecule has 0 spiro atoms. The second kappa shape index (κ2) is 4.82. The van der Waals surface area contributed by atoms with Gasteiger partial charge in [0.2, 0.25) is 0 Å². The number of hydrogen-bond donors (Lipinski definition) is 3. The highest BCUT2D eigenvalue weighted by Crippen LogP contribution is 2.44. The van der Waals surface area contributed by atoms with E-state index in [4.69, 9.17) is 5.11 Å². The lowest BCUT2D eigenvalue weighted by atomic mass is 9.75. The van der Waals surface area contributed by atoms with Crippen molar-refractivity contribution in [3.63, 3.8) is 0 Å². The van der Waals surface area contributed by atoms with Crippen molar-refractivity contribution in [1.29, 1.82) is 0 Å². The average molecular weight is 272 g/mol. The van der Waals surface area contributed by atoms with Crippen LogP contribution in [0.5, 0.6) is 0 Å². The van der Waals surface area contributed by atoms with E-state index >= 15 is 0 Å². The molecule has 0 bridgehead atoms. The molecular formula is C12H14F2N2O3. The Bertz CT molecular complexity index is 490. The van der Waals surface area contributed by atoms with Crippen molar-refractivity contribution in [3.05, 3.63) is 24.0 Å². The zero-order chi connectivity index (χ0) is 14.1. The summed E-state index contributed by atoms with van der Waals surface area (Å²) in [5, 5.41) is 20.7. The normalized spacial score (nSPS) is 17.7. The van der Waals surface area contributed by atoms with Crippen LogP contribution in [0.2, 0.25) is 0 Å². The molecule has 0 saturated heterocycles. The highest BCUT2D eigenvalue weighted by atomic mass is 19.3. The number of rotatable bonds is 4. The van der Waals surface area contributed by atoms with Crippen molar-refractivity contribution in [3.8, 4) is 0 Å². The fourth-order valence-corrected chi connectivity index (χ4v) is 1.91. The second-order valence-corrected chi connectivity index (χ2v) is 4.60. The molecule has 0 aromatic carbocycles. The number of carbonyl (C=O) groups is 1. The highest BCUT2D eigenvalue weighted by Gasteiger charge is 2.61. The number of aliphatic hydroxyl groups is 2. The van der Waals surface area contributed by atoms with Crippen molar-refractivity contribution in [2.24, 2.45) is 0 Å². The maximum atomic E-state index is 13.8. The van der Waals surface area contributed by atoms with E-state index in [1.165, 1.54) is 18.5 Å². The molecular weight excluding hydrogens is 258 g/mol. The molecule has 1 aromatic heterocycles. The zero-order valence-electron chi connectivity index (χ0n) is 10.1. The van der Waals surface area contributed by atoms with Crippen LogP contribution in [0, 0.1) is 0 Å². The van der Waals surface area contributed by atoms with Crippen molar-refractivity contribution >= 4 is 11.6 Å². The van der Waals surface area contributed by atoms with E-state index < -0.39 is 24.0 Å². The molecule has 1 saturated carbocycles. The first kappa shape index (κ1) is 13.8. The summed E-state index contributed by atoms with van der Waals surface area (Å²) in [5.74, 6) is -5.45. The van der Waals surface area contributed by atoms with Gasteiger partial charge in [-0.15, -0.1) is 0 Å². The molecule has 0 aliphatic heterocycles. The van der Waals surface area contributed by atoms with Crippen LogP contribution in [0.4, 0.5) is 14.5 Å². The van der Waals surface area contributed by atoms with Crippen molar-refractivity contribution in [2.45, 2.75) is 37.4 Å². The molecule has 104 valence electrons. The lowest BCUT2D eigenvalue weighted by molar-refractivity contribution is -0.212. The molecule has 1 heterocycles. The molecule has 1 aliphatic rings. The molecule has 0 atom stereocenters. The Morgan fingerprint density at radius 3 is 2.74 bits per heavy atom. The zero-order valence-corrected chi connectivity index (χ0v) is 10.1. The van der Waals surface area contributed by atoms with Crippen LogP contribution in [0.15, 0.2) is 18.5 Å². The van der Waals surface area contributed by atoms with E-state index in [1.54, 1.807) is 0 Å². The maximum absolute atomic E-state index is 13.8. The van der Waals surface area contributed by atoms with Crippen molar-refractivity contribution < 1.29 is 23.8 Å². The molecule has 0 radical (unpaired) electrons. The summed E-state index contributed by atoms with van der Waals surface area (Å²) in [6.07, 6.45) is 2.80. The lowest BCUT2D eigenvalue weighted by Gasteiger charge is -2.41. The van der Waals surface area contributed by atoms with Gasteiger partial charge >= 0.3 is 5.92 Å². The van der Waals surface area contributed by atoms with Gasteiger partial charge in [0.05, 0.1) is 18.5 Å². The fraction of sp³-hybridized carbons (Fsp3) is 0.500. The SMILES string of the molecule is O=C(Nc1cnccc1CO)C(F)(F)C1(O)CCC1. The molecule has 19 heavy (non-hydrogen) atoms. The molecule has 0 unspecified atom stereocenters. The predicted octanol–water partition coefficient (Wildman–Crippen LogP) is 1.06. The Morgan fingerprint density at radius 2 is 2.21 bits per heavy atom. The number of alkyl halides is 2. The van der Waals surface area contributed by atoms with Gasteiger partial charge in [-0.3, -0.25) is 9.78 Å². The first-order valence-corrected chi connectivity index (χ1v) is 5.86.